The van der Waals surface area contributed by atoms with E-state index < -0.39 is 0 Å². The van der Waals surface area contributed by atoms with E-state index in [-0.39, 0.29) is 23.0 Å². The van der Waals surface area contributed by atoms with Crippen molar-refractivity contribution in [2.24, 2.45) is 0 Å². The Morgan fingerprint density at radius 1 is 1.23 bits per heavy atom. The number of ether oxygens (including phenoxy) is 1. The van der Waals surface area contributed by atoms with Crippen LogP contribution >= 0.6 is 0 Å². The van der Waals surface area contributed by atoms with Crippen molar-refractivity contribution in [3.05, 3.63) is 36.0 Å². The first-order chi connectivity index (χ1) is 12.2. The molecule has 1 aromatic carbocycles. The molecular weight excluding hydrogens is 326 g/mol. The Balaban J connectivity index is 1.84. The van der Waals surface area contributed by atoms with E-state index >= 15 is 0 Å². The molecule has 1 amide bonds. The third-order valence-corrected chi connectivity index (χ3v) is 5.09. The average molecular weight is 357 g/mol. The molecule has 0 bridgehead atoms. The minimum Gasteiger partial charge on any atom is -0.383 e. The maximum atomic E-state index is 13.1. The summed E-state index contributed by atoms with van der Waals surface area (Å²) < 4.78 is 7.30. The quantitative estimate of drug-likeness (QED) is 0.863. The summed E-state index contributed by atoms with van der Waals surface area (Å²) in [5.41, 5.74) is 1.82. The van der Waals surface area contributed by atoms with Gasteiger partial charge < -0.3 is 19.9 Å². The van der Waals surface area contributed by atoms with Gasteiger partial charge in [-0.25, -0.2) is 0 Å². The van der Waals surface area contributed by atoms with Crippen molar-refractivity contribution in [3.63, 3.8) is 0 Å². The third-order valence-electron chi connectivity index (χ3n) is 5.09. The normalized spacial score (nSPS) is 19.6. The van der Waals surface area contributed by atoms with E-state index in [1.165, 1.54) is 0 Å². The van der Waals surface area contributed by atoms with Crippen LogP contribution in [0, 0.1) is 0 Å². The van der Waals surface area contributed by atoms with Gasteiger partial charge in [-0.1, -0.05) is 18.2 Å². The fourth-order valence-corrected chi connectivity index (χ4v) is 4.49. The van der Waals surface area contributed by atoms with Crippen LogP contribution in [0.2, 0.25) is 0 Å². The second kappa shape index (κ2) is 7.05. The molecule has 0 saturated carbocycles. The monoisotopic (exact) mass is 357 g/mol. The number of fused-ring (bicyclic) bond motifs is 1. The Labute approximate surface area is 156 Å². The topological polar surface area (TPSA) is 55.3 Å². The van der Waals surface area contributed by atoms with Gasteiger partial charge in [-0.05, 0) is 46.6 Å². The van der Waals surface area contributed by atoms with Crippen LogP contribution in [0.5, 0.6) is 0 Å². The molecule has 0 aliphatic carbocycles. The van der Waals surface area contributed by atoms with Crippen molar-refractivity contribution in [1.82, 2.24) is 15.2 Å². The lowest BCUT2D eigenvalue weighted by atomic mass is 9.79. The molecule has 3 rings (SSSR count). The fraction of sp³-hybridized carbons (Fsp3) is 0.571. The molecular formula is C21H31N3O2. The molecule has 142 valence electrons. The summed E-state index contributed by atoms with van der Waals surface area (Å²) in [7, 11) is 1.69. The van der Waals surface area contributed by atoms with Crippen molar-refractivity contribution in [3.8, 4) is 0 Å². The highest BCUT2D eigenvalue weighted by Crippen LogP contribution is 2.29. The summed E-state index contributed by atoms with van der Waals surface area (Å²) >= 11 is 0. The van der Waals surface area contributed by atoms with Gasteiger partial charge in [0.05, 0.1) is 12.2 Å². The standard InChI is InChI=1S/C21H31N3O2/c1-20(2)12-15(13-21(3,4)23-20)22-19(25)17-14-24(10-11-26-5)18-9-7-6-8-16(17)18/h6-9,14-15,23H,10-13H2,1-5H3,(H,22,25). The maximum Gasteiger partial charge on any atom is 0.253 e. The van der Waals surface area contributed by atoms with Crippen molar-refractivity contribution in [2.45, 2.75) is 64.2 Å². The number of benzene rings is 1. The summed E-state index contributed by atoms with van der Waals surface area (Å²) in [5, 5.41) is 7.94. The van der Waals surface area contributed by atoms with E-state index in [0.29, 0.717) is 6.61 Å². The minimum absolute atomic E-state index is 0.00611. The summed E-state index contributed by atoms with van der Waals surface area (Å²) in [6.07, 6.45) is 3.80. The van der Waals surface area contributed by atoms with Crippen LogP contribution < -0.4 is 10.6 Å². The molecule has 0 unspecified atom stereocenters. The number of carbonyl (C=O) groups is 1. The van der Waals surface area contributed by atoms with Crippen LogP contribution in [0.3, 0.4) is 0 Å². The second-order valence-corrected chi connectivity index (χ2v) is 8.72. The van der Waals surface area contributed by atoms with Crippen LogP contribution in [0.15, 0.2) is 30.5 Å². The number of aromatic nitrogens is 1. The first kappa shape index (κ1) is 18.9. The van der Waals surface area contributed by atoms with E-state index in [0.717, 1.165) is 35.9 Å². The molecule has 0 atom stereocenters. The molecule has 2 N–H and O–H groups in total. The van der Waals surface area contributed by atoms with Crippen LogP contribution in [0.4, 0.5) is 0 Å². The Kier molecular flexibility index (Phi) is 5.13. The van der Waals surface area contributed by atoms with Gasteiger partial charge in [0.25, 0.3) is 5.91 Å². The minimum atomic E-state index is 0.00611. The number of hydrogen-bond donors (Lipinski definition) is 2. The first-order valence-corrected chi connectivity index (χ1v) is 9.38. The zero-order chi connectivity index (χ0) is 18.9. The lowest BCUT2D eigenvalue weighted by Gasteiger charge is -2.46. The lowest BCUT2D eigenvalue weighted by molar-refractivity contribution is 0.0874. The Morgan fingerprint density at radius 3 is 2.54 bits per heavy atom. The summed E-state index contributed by atoms with van der Waals surface area (Å²) in [6.45, 7) is 10.1. The number of para-hydroxylation sites is 1. The molecule has 1 aliphatic heterocycles. The van der Waals surface area contributed by atoms with Crippen molar-refractivity contribution in [1.29, 1.82) is 0 Å². The number of rotatable bonds is 5. The Hall–Kier alpha value is -1.85. The van der Waals surface area contributed by atoms with Crippen LogP contribution in [0.1, 0.15) is 50.9 Å². The van der Waals surface area contributed by atoms with Crippen LogP contribution in [-0.4, -0.2) is 41.3 Å². The maximum absolute atomic E-state index is 13.1. The van der Waals surface area contributed by atoms with Gasteiger partial charge in [-0.2, -0.15) is 0 Å². The molecule has 1 saturated heterocycles. The highest BCUT2D eigenvalue weighted by Gasteiger charge is 2.38. The highest BCUT2D eigenvalue weighted by molar-refractivity contribution is 6.07. The molecule has 1 fully saturated rings. The van der Waals surface area contributed by atoms with Crippen molar-refractivity contribution < 1.29 is 9.53 Å². The third kappa shape index (κ3) is 4.10. The van der Waals surface area contributed by atoms with E-state index in [1.807, 2.05) is 24.4 Å². The first-order valence-electron chi connectivity index (χ1n) is 9.38. The van der Waals surface area contributed by atoms with Gasteiger partial charge in [0.15, 0.2) is 0 Å². The lowest BCUT2D eigenvalue weighted by Crippen LogP contribution is -2.62. The summed E-state index contributed by atoms with van der Waals surface area (Å²) in [6, 6.07) is 8.22. The highest BCUT2D eigenvalue weighted by atomic mass is 16.5. The number of amides is 1. The summed E-state index contributed by atoms with van der Waals surface area (Å²) in [5.74, 6) is 0.0101. The zero-order valence-electron chi connectivity index (χ0n) is 16.6. The second-order valence-electron chi connectivity index (χ2n) is 8.72. The average Bonchev–Trinajstić information content (AvgIpc) is 2.89. The van der Waals surface area contributed by atoms with Crippen LogP contribution in [-0.2, 0) is 11.3 Å². The number of methoxy groups -OCH3 is 1. The Morgan fingerprint density at radius 2 is 1.88 bits per heavy atom. The number of nitrogens with one attached hydrogen (secondary N) is 2. The van der Waals surface area contributed by atoms with E-state index in [1.54, 1.807) is 7.11 Å². The SMILES string of the molecule is COCCn1cc(C(=O)NC2CC(C)(C)NC(C)(C)C2)c2ccccc21. The van der Waals surface area contributed by atoms with Gasteiger partial charge in [-0.3, -0.25) is 4.79 Å². The van der Waals surface area contributed by atoms with Gasteiger partial charge in [0.1, 0.15) is 0 Å². The fourth-order valence-electron chi connectivity index (χ4n) is 4.49. The van der Waals surface area contributed by atoms with Gasteiger partial charge in [0.2, 0.25) is 0 Å². The van der Waals surface area contributed by atoms with Crippen molar-refractivity contribution >= 4 is 16.8 Å². The van der Waals surface area contributed by atoms with Gasteiger partial charge in [-0.15, -0.1) is 0 Å². The van der Waals surface area contributed by atoms with E-state index in [9.17, 15) is 4.79 Å². The molecule has 1 aromatic heterocycles. The number of hydrogen-bond acceptors (Lipinski definition) is 3. The number of piperidine rings is 1. The zero-order valence-corrected chi connectivity index (χ0v) is 16.6. The predicted molar refractivity (Wildman–Crippen MR) is 106 cm³/mol. The predicted octanol–water partition coefficient (Wildman–Crippen LogP) is 3.33. The number of carbonyl (C=O) groups excluding carboxylic acids is 1. The van der Waals surface area contributed by atoms with Crippen molar-refractivity contribution in [2.75, 3.05) is 13.7 Å². The molecule has 1 aliphatic rings. The molecule has 26 heavy (non-hydrogen) atoms. The molecule has 5 heteroatoms. The Bertz CT molecular complexity index is 776. The van der Waals surface area contributed by atoms with Crippen LogP contribution in [0.25, 0.3) is 10.9 Å². The molecule has 2 aromatic rings. The largest absolute Gasteiger partial charge is 0.383 e. The van der Waals surface area contributed by atoms with E-state index in [4.69, 9.17) is 4.74 Å². The molecule has 0 radical (unpaired) electrons. The smallest absolute Gasteiger partial charge is 0.253 e. The number of nitrogens with zero attached hydrogens (tertiary/aromatic N) is 1. The molecule has 5 nitrogen and oxygen atoms in total. The van der Waals surface area contributed by atoms with Gasteiger partial charge >= 0.3 is 0 Å². The molecule has 0 spiro atoms. The molecule has 2 heterocycles. The summed E-state index contributed by atoms with van der Waals surface area (Å²) in [4.78, 5) is 13.1. The van der Waals surface area contributed by atoms with Gasteiger partial charge in [0, 0.05) is 47.9 Å². The van der Waals surface area contributed by atoms with E-state index in [2.05, 4.69) is 49.0 Å².